The van der Waals surface area contributed by atoms with Gasteiger partial charge in [-0.3, -0.25) is 9.59 Å². The fourth-order valence-electron chi connectivity index (χ4n) is 11.7. The molecule has 5 aromatic carbocycles. The highest BCUT2D eigenvalue weighted by Gasteiger charge is 2.51. The first-order valence-electron chi connectivity index (χ1n) is 24.8. The summed E-state index contributed by atoms with van der Waals surface area (Å²) in [6.07, 6.45) is 5.93. The SMILES string of the molecule is COC(=O)N[C@H](C(=O)N1[C@H]2CC[C@H](C2)[C@H]1c1nc2ccc3cc(-c4ccc5c(ccc6nc([C@@H]7C[C@H](COCC8CCC8)CN7C(=O)[C@H](NC(=O)OC)c7ccccc7)[nH]c65)c4)ccc3c2[nH]1)C(C)C. The molecule has 2 aliphatic heterocycles. The molecular formula is C55H60N8O7. The van der Waals surface area contributed by atoms with E-state index in [1.807, 2.05) is 66.1 Å². The molecule has 0 spiro atoms. The lowest BCUT2D eigenvalue weighted by Crippen LogP contribution is -2.54. The third-order valence-electron chi connectivity index (χ3n) is 15.6. The molecule has 0 radical (unpaired) electrons. The van der Waals surface area contributed by atoms with Crippen molar-refractivity contribution in [2.45, 2.75) is 89.0 Å². The Balaban J connectivity index is 0.870. The van der Waals surface area contributed by atoms with E-state index >= 15 is 0 Å². The zero-order chi connectivity index (χ0) is 48.2. The molecule has 4 aliphatic rings. The summed E-state index contributed by atoms with van der Waals surface area (Å²) in [6.45, 7) is 5.63. The number of hydrogen-bond donors (Lipinski definition) is 4. The van der Waals surface area contributed by atoms with Gasteiger partial charge in [0.15, 0.2) is 0 Å². The first-order chi connectivity index (χ1) is 34.0. The molecule has 4 amide bonds. The standard InChI is InChI=1S/C55H60N8O7/c1-30(2)45(60-54(66)68-3)53(65)63-39-18-13-38(26-39)49(63)51-57-43-22-17-37-25-35(15-20-41(37)48(43)59-51)34-14-19-40-36(24-34)16-21-42-47(40)58-50(56-42)44-23-32(29-70-28-31-9-8-10-31)27-62(44)52(64)46(61-55(67)69-4)33-11-6-5-7-12-33/h5-7,11-12,14-17,19-22,24-25,30-32,38-39,44-46,49H,8-10,13,18,23,26-29H2,1-4H3,(H,56,58)(H,57,59)(H,60,66)(H,61,67)/t32-,38+,39-,44-,45-,46+,49-/m0/s1. The Morgan fingerprint density at radius 2 is 1.33 bits per heavy atom. The number of nitrogens with one attached hydrogen (secondary N) is 4. The molecule has 2 bridgehead atoms. The molecule has 70 heavy (non-hydrogen) atoms. The third-order valence-corrected chi connectivity index (χ3v) is 15.6. The predicted molar refractivity (Wildman–Crippen MR) is 267 cm³/mol. The van der Waals surface area contributed by atoms with E-state index in [0.717, 1.165) is 86.4 Å². The van der Waals surface area contributed by atoms with E-state index in [2.05, 4.69) is 69.1 Å². The maximum atomic E-state index is 14.6. The fraction of sp³-hybridized carbons (Fsp3) is 0.418. The number of H-pyrrole nitrogens is 2. The monoisotopic (exact) mass is 944 g/mol. The van der Waals surface area contributed by atoms with Gasteiger partial charge in [-0.1, -0.05) is 87.0 Å². The van der Waals surface area contributed by atoms with Gasteiger partial charge in [0.25, 0.3) is 5.91 Å². The van der Waals surface area contributed by atoms with Gasteiger partial charge < -0.3 is 44.6 Å². The highest BCUT2D eigenvalue weighted by molar-refractivity contribution is 6.07. The molecule has 7 aromatic rings. The molecule has 2 aromatic heterocycles. The van der Waals surface area contributed by atoms with Gasteiger partial charge in [0.2, 0.25) is 5.91 Å². The summed E-state index contributed by atoms with van der Waals surface area (Å²) in [5, 5.41) is 9.76. The number of aromatic amines is 2. The van der Waals surface area contributed by atoms with Crippen LogP contribution < -0.4 is 10.6 Å². The van der Waals surface area contributed by atoms with Crippen LogP contribution in [0.5, 0.6) is 0 Å². The molecule has 362 valence electrons. The van der Waals surface area contributed by atoms with Gasteiger partial charge >= 0.3 is 12.2 Å². The number of piperidine rings is 1. The van der Waals surface area contributed by atoms with Crippen LogP contribution in [0, 0.1) is 23.7 Å². The number of aromatic nitrogens is 4. The number of likely N-dealkylation sites (tertiary alicyclic amines) is 2. The minimum Gasteiger partial charge on any atom is -0.453 e. The average Bonchev–Trinajstić information content (AvgIpc) is 4.23. The number of fused-ring (bicyclic) bond motifs is 8. The lowest BCUT2D eigenvalue weighted by Gasteiger charge is -2.37. The molecule has 11 rings (SSSR count). The first kappa shape index (κ1) is 45.4. The van der Waals surface area contributed by atoms with Crippen molar-refractivity contribution in [1.82, 2.24) is 40.4 Å². The summed E-state index contributed by atoms with van der Waals surface area (Å²) in [4.78, 5) is 75.1. The van der Waals surface area contributed by atoms with Gasteiger partial charge in [-0.2, -0.15) is 0 Å². The van der Waals surface area contributed by atoms with Crippen molar-refractivity contribution in [3.63, 3.8) is 0 Å². The molecular weight excluding hydrogens is 885 g/mol. The molecule has 15 nitrogen and oxygen atoms in total. The van der Waals surface area contributed by atoms with E-state index in [4.69, 9.17) is 24.2 Å². The van der Waals surface area contributed by atoms with E-state index < -0.39 is 24.3 Å². The van der Waals surface area contributed by atoms with Crippen LogP contribution in [0.25, 0.3) is 54.7 Å². The van der Waals surface area contributed by atoms with Crippen LogP contribution >= 0.6 is 0 Å². The Morgan fingerprint density at radius 3 is 1.96 bits per heavy atom. The number of nitrogens with zero attached hydrogens (tertiary/aromatic N) is 4. The largest absolute Gasteiger partial charge is 0.453 e. The average molecular weight is 945 g/mol. The maximum Gasteiger partial charge on any atom is 0.407 e. The second kappa shape index (κ2) is 18.7. The lowest BCUT2D eigenvalue weighted by atomic mass is 9.86. The Hall–Kier alpha value is -7.00. The molecule has 4 fully saturated rings. The van der Waals surface area contributed by atoms with Crippen molar-refractivity contribution in [1.29, 1.82) is 0 Å². The van der Waals surface area contributed by atoms with Crippen molar-refractivity contribution in [2.24, 2.45) is 23.7 Å². The van der Waals surface area contributed by atoms with Crippen molar-refractivity contribution >= 4 is 67.6 Å². The summed E-state index contributed by atoms with van der Waals surface area (Å²) < 4.78 is 16.1. The van der Waals surface area contributed by atoms with Crippen LogP contribution in [-0.2, 0) is 23.8 Å². The zero-order valence-electron chi connectivity index (χ0n) is 40.1. The van der Waals surface area contributed by atoms with Crippen LogP contribution in [0.2, 0.25) is 0 Å². The summed E-state index contributed by atoms with van der Waals surface area (Å²) in [7, 11) is 2.61. The first-order valence-corrected chi connectivity index (χ1v) is 24.8. The van der Waals surface area contributed by atoms with Gasteiger partial charge in [-0.25, -0.2) is 19.6 Å². The topological polar surface area (TPSA) is 184 Å². The number of hydrogen-bond acceptors (Lipinski definition) is 9. The van der Waals surface area contributed by atoms with E-state index in [1.165, 1.54) is 33.5 Å². The molecule has 2 saturated carbocycles. The van der Waals surface area contributed by atoms with Crippen LogP contribution in [0.3, 0.4) is 0 Å². The van der Waals surface area contributed by atoms with E-state index in [1.54, 1.807) is 0 Å². The van der Waals surface area contributed by atoms with E-state index in [-0.39, 0.29) is 47.7 Å². The summed E-state index contributed by atoms with van der Waals surface area (Å²) >= 11 is 0. The molecule has 2 aliphatic carbocycles. The Kier molecular flexibility index (Phi) is 12.2. The van der Waals surface area contributed by atoms with Crippen LogP contribution in [0.1, 0.15) is 94.1 Å². The molecule has 2 saturated heterocycles. The Morgan fingerprint density at radius 1 is 0.700 bits per heavy atom. The number of alkyl carbamates (subject to hydrolysis) is 2. The summed E-state index contributed by atoms with van der Waals surface area (Å²) in [5.41, 5.74) is 6.29. The second-order valence-electron chi connectivity index (χ2n) is 20.2. The highest BCUT2D eigenvalue weighted by Crippen LogP contribution is 2.50. The molecule has 0 unspecified atom stereocenters. The van der Waals surface area contributed by atoms with Crippen molar-refractivity contribution < 1.29 is 33.4 Å². The Bertz CT molecular complexity index is 3130. The number of amides is 4. The van der Waals surface area contributed by atoms with Crippen LogP contribution in [0.4, 0.5) is 9.59 Å². The minimum atomic E-state index is -0.940. The molecule has 15 heteroatoms. The second-order valence-corrected chi connectivity index (χ2v) is 20.2. The zero-order valence-corrected chi connectivity index (χ0v) is 40.1. The summed E-state index contributed by atoms with van der Waals surface area (Å²) in [5.74, 6) is 2.03. The quantitative estimate of drug-likeness (QED) is 0.0874. The summed E-state index contributed by atoms with van der Waals surface area (Å²) in [6, 6.07) is 28.4. The molecule has 4 heterocycles. The van der Waals surface area contributed by atoms with Crippen molar-refractivity contribution in [3.8, 4) is 11.1 Å². The molecule has 7 atom stereocenters. The Labute approximate surface area is 406 Å². The molecule has 4 N–H and O–H groups in total. The third kappa shape index (κ3) is 8.37. The lowest BCUT2D eigenvalue weighted by molar-refractivity contribution is -0.139. The number of rotatable bonds is 13. The van der Waals surface area contributed by atoms with Gasteiger partial charge in [-0.05, 0) is 108 Å². The van der Waals surface area contributed by atoms with E-state index in [0.29, 0.717) is 36.9 Å². The van der Waals surface area contributed by atoms with Gasteiger partial charge in [0, 0.05) is 35.9 Å². The number of carbonyl (C=O) groups is 4. The van der Waals surface area contributed by atoms with Crippen molar-refractivity contribution in [3.05, 3.63) is 108 Å². The van der Waals surface area contributed by atoms with Crippen LogP contribution in [-0.4, -0.2) is 99.8 Å². The van der Waals surface area contributed by atoms with Crippen LogP contribution in [0.15, 0.2) is 91.0 Å². The van der Waals surface area contributed by atoms with Crippen molar-refractivity contribution in [2.75, 3.05) is 34.0 Å². The number of ether oxygens (including phenoxy) is 3. The van der Waals surface area contributed by atoms with Gasteiger partial charge in [0.1, 0.15) is 23.7 Å². The number of benzene rings is 5. The van der Waals surface area contributed by atoms with Gasteiger partial charge in [0.05, 0.1) is 55.0 Å². The number of carbonyl (C=O) groups excluding carboxylic acids is 4. The van der Waals surface area contributed by atoms with Gasteiger partial charge in [-0.15, -0.1) is 0 Å². The highest BCUT2D eigenvalue weighted by atomic mass is 16.5. The normalized spacial score (nSPS) is 22.0. The van der Waals surface area contributed by atoms with E-state index in [9.17, 15) is 19.2 Å². The number of imidazole rings is 2. The predicted octanol–water partition coefficient (Wildman–Crippen LogP) is 9.65. The fourth-order valence-corrected chi connectivity index (χ4v) is 11.7. The smallest absolute Gasteiger partial charge is 0.407 e. The minimum absolute atomic E-state index is 0.0914. The maximum absolute atomic E-state index is 14.6. The number of methoxy groups -OCH3 is 2.